The molecule has 0 aliphatic heterocycles. The zero-order valence-corrected chi connectivity index (χ0v) is 19.6. The minimum atomic E-state index is -0.0824. The van der Waals surface area contributed by atoms with Crippen LogP contribution in [0.15, 0.2) is 54.7 Å². The first kappa shape index (κ1) is 24.6. The number of carbonyl (C=O) groups excluding carboxylic acids is 2. The molecule has 0 bridgehead atoms. The van der Waals surface area contributed by atoms with E-state index in [4.69, 9.17) is 19.9 Å². The first-order chi connectivity index (χ1) is 16.4. The van der Waals surface area contributed by atoms with Crippen LogP contribution >= 0.6 is 0 Å². The van der Waals surface area contributed by atoms with Crippen molar-refractivity contribution >= 4 is 17.5 Å². The average Bonchev–Trinajstić information content (AvgIpc) is 2.87. The smallest absolute Gasteiger partial charge is 0.220 e. The van der Waals surface area contributed by atoms with Gasteiger partial charge in [-0.3, -0.25) is 9.59 Å². The first-order valence-electron chi connectivity index (χ1n) is 10.8. The number of ketones is 1. The Morgan fingerprint density at radius 3 is 2.21 bits per heavy atom. The van der Waals surface area contributed by atoms with Crippen LogP contribution < -0.4 is 25.3 Å². The van der Waals surface area contributed by atoms with Crippen LogP contribution in [0.5, 0.6) is 17.2 Å². The fraction of sp³-hybridized carbons (Fsp3) is 0.269. The Kier molecular flexibility index (Phi) is 8.45. The Hall–Kier alpha value is -4.07. The highest BCUT2D eigenvalue weighted by Crippen LogP contribution is 2.38. The molecular formula is C26H29N3O5. The molecule has 0 aliphatic rings. The van der Waals surface area contributed by atoms with Crippen LogP contribution in [0.3, 0.4) is 0 Å². The quantitative estimate of drug-likeness (QED) is 0.419. The lowest BCUT2D eigenvalue weighted by Gasteiger charge is -2.14. The number of nitrogen functional groups attached to an aromatic ring is 1. The lowest BCUT2D eigenvalue weighted by molar-refractivity contribution is -0.121. The number of rotatable bonds is 11. The molecule has 1 aromatic heterocycles. The Morgan fingerprint density at radius 2 is 1.62 bits per heavy atom. The number of ether oxygens (including phenoxy) is 3. The molecule has 178 valence electrons. The van der Waals surface area contributed by atoms with E-state index in [1.807, 2.05) is 24.3 Å². The molecule has 0 spiro atoms. The van der Waals surface area contributed by atoms with E-state index in [9.17, 15) is 9.59 Å². The van der Waals surface area contributed by atoms with Gasteiger partial charge in [0, 0.05) is 36.7 Å². The Balaban J connectivity index is 1.51. The van der Waals surface area contributed by atoms with Gasteiger partial charge in [0.15, 0.2) is 17.3 Å². The number of nitrogens with zero attached hydrogens (tertiary/aromatic N) is 1. The van der Waals surface area contributed by atoms with Gasteiger partial charge in [0.05, 0.1) is 21.3 Å². The van der Waals surface area contributed by atoms with Crippen LogP contribution in [0.25, 0.3) is 0 Å². The summed E-state index contributed by atoms with van der Waals surface area (Å²) in [4.78, 5) is 28.9. The minimum absolute atomic E-state index is 0.0411. The maximum Gasteiger partial charge on any atom is 0.220 e. The van der Waals surface area contributed by atoms with Crippen LogP contribution in [0.1, 0.15) is 33.5 Å². The van der Waals surface area contributed by atoms with Crippen molar-refractivity contribution in [3.63, 3.8) is 0 Å². The van der Waals surface area contributed by atoms with Gasteiger partial charge < -0.3 is 25.3 Å². The minimum Gasteiger partial charge on any atom is -0.493 e. The molecule has 3 rings (SSSR count). The zero-order chi connectivity index (χ0) is 24.5. The third-order valence-electron chi connectivity index (χ3n) is 5.41. The summed E-state index contributed by atoms with van der Waals surface area (Å²) in [7, 11) is 4.66. The third-order valence-corrected chi connectivity index (χ3v) is 5.41. The van der Waals surface area contributed by atoms with Gasteiger partial charge in [-0.15, -0.1) is 0 Å². The molecule has 8 nitrogen and oxygen atoms in total. The van der Waals surface area contributed by atoms with E-state index in [1.165, 1.54) is 0 Å². The fourth-order valence-corrected chi connectivity index (χ4v) is 3.51. The summed E-state index contributed by atoms with van der Waals surface area (Å²) in [6, 6.07) is 14.4. The summed E-state index contributed by atoms with van der Waals surface area (Å²) >= 11 is 0. The van der Waals surface area contributed by atoms with E-state index in [0.717, 1.165) is 11.1 Å². The zero-order valence-electron chi connectivity index (χ0n) is 19.6. The molecule has 0 radical (unpaired) electrons. The Bertz CT molecular complexity index is 1120. The van der Waals surface area contributed by atoms with Crippen molar-refractivity contribution in [2.75, 3.05) is 27.1 Å². The molecule has 0 fully saturated rings. The number of aromatic nitrogens is 1. The van der Waals surface area contributed by atoms with Crippen molar-refractivity contribution in [1.82, 2.24) is 10.3 Å². The topological polar surface area (TPSA) is 113 Å². The molecule has 3 N–H and O–H groups in total. The number of nitrogens with two attached hydrogens (primary N) is 1. The molecule has 1 heterocycles. The number of hydrogen-bond acceptors (Lipinski definition) is 7. The van der Waals surface area contributed by atoms with E-state index in [-0.39, 0.29) is 18.1 Å². The third kappa shape index (κ3) is 6.25. The van der Waals surface area contributed by atoms with Crippen molar-refractivity contribution in [2.24, 2.45) is 0 Å². The molecule has 0 atom stereocenters. The molecule has 34 heavy (non-hydrogen) atoms. The number of hydrogen-bond donors (Lipinski definition) is 2. The van der Waals surface area contributed by atoms with Crippen LogP contribution in [0.4, 0.5) is 5.82 Å². The fourth-order valence-electron chi connectivity index (χ4n) is 3.51. The second kappa shape index (κ2) is 11.7. The van der Waals surface area contributed by atoms with Crippen molar-refractivity contribution in [3.8, 4) is 17.2 Å². The van der Waals surface area contributed by atoms with E-state index in [0.29, 0.717) is 53.6 Å². The van der Waals surface area contributed by atoms with Gasteiger partial charge in [-0.1, -0.05) is 30.3 Å². The van der Waals surface area contributed by atoms with Gasteiger partial charge in [0.25, 0.3) is 0 Å². The Labute approximate surface area is 199 Å². The summed E-state index contributed by atoms with van der Waals surface area (Å²) in [6.45, 7) is 0.373. The van der Waals surface area contributed by atoms with Crippen molar-refractivity contribution in [1.29, 1.82) is 0 Å². The summed E-state index contributed by atoms with van der Waals surface area (Å²) in [5.74, 6) is 1.86. The monoisotopic (exact) mass is 463 g/mol. The standard InChI is InChI=1S/C26H29N3O5/c1-32-22-13-18(14-23(33-2)25(22)34-3)8-11-24(31)29-16-17-6-9-19(10-7-17)21(30)15-20-5-4-12-28-26(20)27/h4-7,9-10,12-14H,8,11,15-16H2,1-3H3,(H2,27,28)(H,29,31). The number of carbonyl (C=O) groups is 2. The van der Waals surface area contributed by atoms with Gasteiger partial charge in [0.1, 0.15) is 5.82 Å². The lowest BCUT2D eigenvalue weighted by Crippen LogP contribution is -2.23. The van der Waals surface area contributed by atoms with Crippen LogP contribution in [0.2, 0.25) is 0 Å². The Morgan fingerprint density at radius 1 is 0.941 bits per heavy atom. The van der Waals surface area contributed by atoms with E-state index < -0.39 is 0 Å². The maximum atomic E-state index is 12.5. The largest absolute Gasteiger partial charge is 0.493 e. The molecule has 0 saturated heterocycles. The highest BCUT2D eigenvalue weighted by Gasteiger charge is 2.14. The molecule has 1 amide bonds. The molecule has 8 heteroatoms. The highest BCUT2D eigenvalue weighted by atomic mass is 16.5. The van der Waals surface area contributed by atoms with Crippen molar-refractivity contribution in [2.45, 2.75) is 25.8 Å². The van der Waals surface area contributed by atoms with Gasteiger partial charge in [-0.25, -0.2) is 4.98 Å². The van der Waals surface area contributed by atoms with Gasteiger partial charge >= 0.3 is 0 Å². The van der Waals surface area contributed by atoms with Crippen molar-refractivity contribution < 1.29 is 23.8 Å². The molecular weight excluding hydrogens is 434 g/mol. The average molecular weight is 464 g/mol. The number of Topliss-reactive ketones (excluding diaryl/α,β-unsaturated/α-hetero) is 1. The van der Waals surface area contributed by atoms with E-state index in [2.05, 4.69) is 10.3 Å². The number of benzene rings is 2. The predicted octanol–water partition coefficient (Wildman–Crippen LogP) is 3.36. The van der Waals surface area contributed by atoms with Crippen molar-refractivity contribution in [3.05, 3.63) is 77.0 Å². The molecule has 0 unspecified atom stereocenters. The van der Waals surface area contributed by atoms with Gasteiger partial charge in [0.2, 0.25) is 11.7 Å². The normalized spacial score (nSPS) is 10.4. The van der Waals surface area contributed by atoms with Crippen LogP contribution in [0, 0.1) is 0 Å². The first-order valence-corrected chi connectivity index (χ1v) is 10.8. The number of nitrogens with one attached hydrogen (secondary N) is 1. The highest BCUT2D eigenvalue weighted by molar-refractivity contribution is 5.98. The summed E-state index contributed by atoms with van der Waals surface area (Å²) in [5.41, 5.74) is 8.92. The molecule has 0 saturated carbocycles. The SMILES string of the molecule is COc1cc(CCC(=O)NCc2ccc(C(=O)Cc3cccnc3N)cc2)cc(OC)c1OC. The van der Waals surface area contributed by atoms with Crippen LogP contribution in [-0.2, 0) is 24.2 Å². The summed E-state index contributed by atoms with van der Waals surface area (Å²) < 4.78 is 16.0. The van der Waals surface area contributed by atoms with Crippen LogP contribution in [-0.4, -0.2) is 38.0 Å². The van der Waals surface area contributed by atoms with Gasteiger partial charge in [-0.2, -0.15) is 0 Å². The van der Waals surface area contributed by atoms with Gasteiger partial charge in [-0.05, 0) is 35.7 Å². The van der Waals surface area contributed by atoms with E-state index in [1.54, 1.807) is 51.8 Å². The second-order valence-electron chi connectivity index (χ2n) is 7.65. The number of methoxy groups -OCH3 is 3. The van der Waals surface area contributed by atoms with E-state index >= 15 is 0 Å². The maximum absolute atomic E-state index is 12.5. The molecule has 0 aliphatic carbocycles. The number of pyridine rings is 1. The second-order valence-corrected chi connectivity index (χ2v) is 7.65. The predicted molar refractivity (Wildman–Crippen MR) is 129 cm³/mol. The lowest BCUT2D eigenvalue weighted by atomic mass is 10.0. The number of amides is 1. The number of aryl methyl sites for hydroxylation is 1. The molecule has 2 aromatic carbocycles. The number of anilines is 1. The summed E-state index contributed by atoms with van der Waals surface area (Å²) in [6.07, 6.45) is 2.61. The summed E-state index contributed by atoms with van der Waals surface area (Å²) in [5, 5.41) is 2.91. The molecule has 3 aromatic rings.